The molecule has 11 heavy (non-hydrogen) atoms. The van der Waals surface area contributed by atoms with E-state index < -0.39 is 0 Å². The summed E-state index contributed by atoms with van der Waals surface area (Å²) in [5.74, 6) is 0. The van der Waals surface area contributed by atoms with E-state index in [0.29, 0.717) is 0 Å². The smallest absolute Gasteiger partial charge is 0.00668 e. The van der Waals surface area contributed by atoms with Gasteiger partial charge < -0.3 is 4.90 Å². The third-order valence-electron chi connectivity index (χ3n) is 2.47. The van der Waals surface area contributed by atoms with Gasteiger partial charge >= 0.3 is 0 Å². The van der Waals surface area contributed by atoms with E-state index >= 15 is 0 Å². The summed E-state index contributed by atoms with van der Waals surface area (Å²) in [5, 5.41) is 0. The number of rotatable bonds is 3. The van der Waals surface area contributed by atoms with E-state index in [4.69, 9.17) is 0 Å². The first-order valence-corrected chi connectivity index (χ1v) is 4.58. The Labute approximate surface area is 87.6 Å². The highest BCUT2D eigenvalue weighted by atomic mass is 127. The molecule has 0 aromatic carbocycles. The zero-order chi connectivity index (χ0) is 7.40. The lowest BCUT2D eigenvalue weighted by atomic mass is 10.2. The van der Waals surface area contributed by atoms with E-state index in [2.05, 4.69) is 18.7 Å². The van der Waals surface area contributed by atoms with Crippen LogP contribution < -0.4 is 0 Å². The third-order valence-corrected chi connectivity index (χ3v) is 2.47. The number of hydrogen-bond acceptors (Lipinski definition) is 1. The molecule has 0 saturated carbocycles. The number of hydrogen-bond donors (Lipinski definition) is 0. The Hall–Kier alpha value is 0.690. The number of halogens is 1. The molecule has 1 atom stereocenters. The van der Waals surface area contributed by atoms with Gasteiger partial charge in [-0.3, -0.25) is 0 Å². The van der Waals surface area contributed by atoms with E-state index in [1.54, 1.807) is 0 Å². The van der Waals surface area contributed by atoms with E-state index in [0.717, 1.165) is 6.04 Å². The maximum Gasteiger partial charge on any atom is 0.00668 e. The fourth-order valence-electron chi connectivity index (χ4n) is 1.78. The van der Waals surface area contributed by atoms with Crippen molar-refractivity contribution in [1.82, 2.24) is 4.90 Å². The summed E-state index contributed by atoms with van der Waals surface area (Å²) in [6.07, 6.45) is 5.56. The van der Waals surface area contributed by atoms with Crippen LogP contribution in [-0.4, -0.2) is 24.0 Å². The lowest BCUT2D eigenvalue weighted by Gasteiger charge is -2.22. The van der Waals surface area contributed by atoms with E-state index in [-0.39, 0.29) is 24.0 Å². The van der Waals surface area contributed by atoms with E-state index in [9.17, 15) is 0 Å². The highest BCUT2D eigenvalue weighted by Crippen LogP contribution is 2.14. The Morgan fingerprint density at radius 1 is 1.27 bits per heavy atom. The molecule has 68 valence electrons. The molecule has 0 aromatic rings. The first-order chi connectivity index (χ1) is 4.84. The molecule has 0 spiro atoms. The topological polar surface area (TPSA) is 3.24 Å². The molecule has 1 heterocycles. The van der Waals surface area contributed by atoms with Crippen molar-refractivity contribution in [1.29, 1.82) is 0 Å². The monoisotopic (exact) mass is 269 g/mol. The van der Waals surface area contributed by atoms with Gasteiger partial charge in [0.15, 0.2) is 0 Å². The van der Waals surface area contributed by atoms with Crippen LogP contribution in [0.5, 0.6) is 0 Å². The highest BCUT2D eigenvalue weighted by Gasteiger charge is 2.16. The van der Waals surface area contributed by atoms with Gasteiger partial charge in [0.2, 0.25) is 0 Å². The van der Waals surface area contributed by atoms with Crippen molar-refractivity contribution >= 4 is 24.0 Å². The molecule has 0 aromatic heterocycles. The zero-order valence-electron chi connectivity index (χ0n) is 7.68. The van der Waals surface area contributed by atoms with Gasteiger partial charge in [0, 0.05) is 6.04 Å². The van der Waals surface area contributed by atoms with Gasteiger partial charge in [0.1, 0.15) is 0 Å². The predicted molar refractivity (Wildman–Crippen MR) is 60.6 cm³/mol. The minimum Gasteiger partial charge on any atom is -0.301 e. The molecule has 0 radical (unpaired) electrons. The van der Waals surface area contributed by atoms with Crippen molar-refractivity contribution in [3.63, 3.8) is 0 Å². The van der Waals surface area contributed by atoms with Gasteiger partial charge in [-0.1, -0.05) is 13.3 Å². The molecule has 1 fully saturated rings. The van der Waals surface area contributed by atoms with Crippen molar-refractivity contribution < 1.29 is 0 Å². The van der Waals surface area contributed by atoms with E-state index in [1.807, 2.05) is 0 Å². The molecule has 1 nitrogen and oxygen atoms in total. The van der Waals surface area contributed by atoms with Gasteiger partial charge in [-0.25, -0.2) is 0 Å². The molecule has 2 heteroatoms. The molecule has 1 aliphatic rings. The number of nitrogens with zero attached hydrogens (tertiary/aromatic N) is 1. The van der Waals surface area contributed by atoms with Gasteiger partial charge in [-0.15, -0.1) is 24.0 Å². The van der Waals surface area contributed by atoms with Crippen molar-refractivity contribution in [3.05, 3.63) is 0 Å². The standard InChI is InChI=1S/C9H19N.HI/c1-3-6-9(2)10-7-4-5-8-10;/h9H,3-8H2,1-2H3;1H. The molecular weight excluding hydrogens is 249 g/mol. The quantitative estimate of drug-likeness (QED) is 0.712. The summed E-state index contributed by atoms with van der Waals surface area (Å²) in [6.45, 7) is 7.32. The summed E-state index contributed by atoms with van der Waals surface area (Å²) in [7, 11) is 0. The number of likely N-dealkylation sites (tertiary alicyclic amines) is 1. The zero-order valence-corrected chi connectivity index (χ0v) is 10.0. The maximum atomic E-state index is 2.61. The molecule has 1 rings (SSSR count). The van der Waals surface area contributed by atoms with Crippen LogP contribution >= 0.6 is 24.0 Å². The minimum absolute atomic E-state index is 0. The predicted octanol–water partition coefficient (Wildman–Crippen LogP) is 2.89. The summed E-state index contributed by atoms with van der Waals surface area (Å²) >= 11 is 0. The van der Waals surface area contributed by atoms with Crippen LogP contribution in [0.2, 0.25) is 0 Å². The van der Waals surface area contributed by atoms with Gasteiger partial charge in [-0.2, -0.15) is 0 Å². The van der Waals surface area contributed by atoms with Gasteiger partial charge in [0.05, 0.1) is 0 Å². The van der Waals surface area contributed by atoms with Crippen LogP contribution in [0.15, 0.2) is 0 Å². The van der Waals surface area contributed by atoms with E-state index in [1.165, 1.54) is 38.8 Å². The summed E-state index contributed by atoms with van der Waals surface area (Å²) in [6, 6.07) is 0.840. The van der Waals surface area contributed by atoms with Crippen molar-refractivity contribution in [2.24, 2.45) is 0 Å². The van der Waals surface area contributed by atoms with Crippen molar-refractivity contribution in [3.8, 4) is 0 Å². The molecule has 1 aliphatic heterocycles. The SMILES string of the molecule is CCCC(C)N1CCCC1.I. The van der Waals surface area contributed by atoms with Crippen molar-refractivity contribution in [2.75, 3.05) is 13.1 Å². The van der Waals surface area contributed by atoms with Crippen LogP contribution in [0.4, 0.5) is 0 Å². The van der Waals surface area contributed by atoms with Crippen LogP contribution in [0.3, 0.4) is 0 Å². The fraction of sp³-hybridized carbons (Fsp3) is 1.00. The Balaban J connectivity index is 0.000001000. The first kappa shape index (κ1) is 11.7. The van der Waals surface area contributed by atoms with Crippen LogP contribution in [-0.2, 0) is 0 Å². The molecule has 0 N–H and O–H groups in total. The van der Waals surface area contributed by atoms with Crippen LogP contribution in [0, 0.1) is 0 Å². The summed E-state index contributed by atoms with van der Waals surface area (Å²) in [4.78, 5) is 2.61. The minimum atomic E-state index is 0. The Kier molecular flexibility index (Phi) is 6.62. The van der Waals surface area contributed by atoms with Crippen LogP contribution in [0.1, 0.15) is 39.5 Å². The second kappa shape index (κ2) is 6.23. The van der Waals surface area contributed by atoms with Gasteiger partial charge in [0.25, 0.3) is 0 Å². The van der Waals surface area contributed by atoms with Crippen molar-refractivity contribution in [2.45, 2.75) is 45.6 Å². The Morgan fingerprint density at radius 3 is 2.27 bits per heavy atom. The van der Waals surface area contributed by atoms with Crippen LogP contribution in [0.25, 0.3) is 0 Å². The molecule has 0 aliphatic carbocycles. The summed E-state index contributed by atoms with van der Waals surface area (Å²) in [5.41, 5.74) is 0. The lowest BCUT2D eigenvalue weighted by Crippen LogP contribution is -2.29. The molecular formula is C9H20IN. The molecule has 1 saturated heterocycles. The lowest BCUT2D eigenvalue weighted by molar-refractivity contribution is 0.246. The second-order valence-electron chi connectivity index (χ2n) is 3.38. The largest absolute Gasteiger partial charge is 0.301 e. The maximum absolute atomic E-state index is 2.61. The average Bonchev–Trinajstić information content (AvgIpc) is 2.38. The highest BCUT2D eigenvalue weighted by molar-refractivity contribution is 14.0. The average molecular weight is 269 g/mol. The molecule has 1 unspecified atom stereocenters. The second-order valence-corrected chi connectivity index (χ2v) is 3.38. The third kappa shape index (κ3) is 3.74. The first-order valence-electron chi connectivity index (χ1n) is 4.58. The normalized spacial score (nSPS) is 21.3. The molecule has 0 bridgehead atoms. The molecule has 0 amide bonds. The van der Waals surface area contributed by atoms with Gasteiger partial charge in [-0.05, 0) is 39.3 Å². The Morgan fingerprint density at radius 2 is 1.82 bits per heavy atom. The fourth-order valence-corrected chi connectivity index (χ4v) is 1.78. The summed E-state index contributed by atoms with van der Waals surface area (Å²) < 4.78 is 0. The Bertz CT molecular complexity index is 89.6.